The number of amides is 1. The molecule has 1 heterocycles. The van der Waals surface area contributed by atoms with E-state index in [9.17, 15) is 19.3 Å². The van der Waals surface area contributed by atoms with Gasteiger partial charge in [-0.3, -0.25) is 14.9 Å². The molecule has 0 saturated carbocycles. The summed E-state index contributed by atoms with van der Waals surface area (Å²) in [4.78, 5) is 26.9. The van der Waals surface area contributed by atoms with Gasteiger partial charge in [0.2, 0.25) is 0 Å². The molecule has 0 fully saturated rings. The Hall–Kier alpha value is -3.03. The number of rotatable bonds is 3. The van der Waals surface area contributed by atoms with Crippen LogP contribution in [0.3, 0.4) is 0 Å². The molecule has 0 aliphatic carbocycles. The number of pyridine rings is 1. The van der Waals surface area contributed by atoms with Gasteiger partial charge in [0, 0.05) is 31.1 Å². The van der Waals surface area contributed by atoms with Crippen LogP contribution in [-0.2, 0) is 0 Å². The maximum atomic E-state index is 13.8. The third kappa shape index (κ3) is 2.78. The average Bonchev–Trinajstić information content (AvgIpc) is 2.48. The molecule has 0 saturated heterocycles. The van der Waals surface area contributed by atoms with Gasteiger partial charge in [-0.15, -0.1) is 0 Å². The lowest BCUT2D eigenvalue weighted by atomic mass is 10.2. The molecule has 0 radical (unpaired) electrons. The number of aromatic nitrogens is 1. The fourth-order valence-electron chi connectivity index (χ4n) is 1.72. The summed E-state index contributed by atoms with van der Waals surface area (Å²) in [6.07, 6.45) is 1.23. The molecule has 7 nitrogen and oxygen atoms in total. The first-order valence-electron chi connectivity index (χ1n) is 5.84. The number of nitro groups is 1. The Balaban J connectivity index is 2.30. The van der Waals surface area contributed by atoms with E-state index in [0.29, 0.717) is 5.69 Å². The highest BCUT2D eigenvalue weighted by molar-refractivity contribution is 6.06. The van der Waals surface area contributed by atoms with E-state index in [4.69, 9.17) is 5.73 Å². The van der Waals surface area contributed by atoms with Gasteiger partial charge in [-0.1, -0.05) is 0 Å². The molecule has 108 valence electrons. The molecule has 0 atom stereocenters. The quantitative estimate of drug-likeness (QED) is 0.687. The molecule has 21 heavy (non-hydrogen) atoms. The molecule has 1 aromatic carbocycles. The Morgan fingerprint density at radius 3 is 2.52 bits per heavy atom. The number of hydrogen-bond donors (Lipinski definition) is 1. The highest BCUT2D eigenvalue weighted by Crippen LogP contribution is 2.21. The standard InChI is InChI=1S/C13H11FN4O3/c1-17(8-2-4-9(5-3-8)18(20)21)13(19)10-6-7-16-12(15)11(10)14/h2-7H,1H3,(H2,15,16). The van der Waals surface area contributed by atoms with Crippen LogP contribution in [0.5, 0.6) is 0 Å². The Labute approximate surface area is 119 Å². The number of anilines is 2. The number of benzene rings is 1. The monoisotopic (exact) mass is 290 g/mol. The predicted molar refractivity (Wildman–Crippen MR) is 74.4 cm³/mol. The van der Waals surface area contributed by atoms with Crippen molar-refractivity contribution in [3.05, 3.63) is 58.0 Å². The fourth-order valence-corrected chi connectivity index (χ4v) is 1.72. The minimum Gasteiger partial charge on any atom is -0.381 e. The van der Waals surface area contributed by atoms with E-state index in [-0.39, 0.29) is 17.1 Å². The second-order valence-corrected chi connectivity index (χ2v) is 4.20. The van der Waals surface area contributed by atoms with Gasteiger partial charge < -0.3 is 10.6 Å². The summed E-state index contributed by atoms with van der Waals surface area (Å²) in [5.41, 5.74) is 5.39. The summed E-state index contributed by atoms with van der Waals surface area (Å²) < 4.78 is 13.8. The normalized spacial score (nSPS) is 10.2. The number of nitrogens with zero attached hydrogens (tertiary/aromatic N) is 3. The van der Waals surface area contributed by atoms with Crippen LogP contribution in [0.15, 0.2) is 36.5 Å². The highest BCUT2D eigenvalue weighted by atomic mass is 19.1. The summed E-state index contributed by atoms with van der Waals surface area (Å²) in [5, 5.41) is 10.6. The number of carbonyl (C=O) groups excluding carboxylic acids is 1. The van der Waals surface area contributed by atoms with Crippen LogP contribution in [-0.4, -0.2) is 22.9 Å². The van der Waals surface area contributed by atoms with Crippen LogP contribution < -0.4 is 10.6 Å². The van der Waals surface area contributed by atoms with Crippen molar-refractivity contribution in [3.63, 3.8) is 0 Å². The van der Waals surface area contributed by atoms with Gasteiger partial charge in [0.1, 0.15) is 0 Å². The molecule has 1 amide bonds. The first-order valence-corrected chi connectivity index (χ1v) is 5.84. The van der Waals surface area contributed by atoms with E-state index >= 15 is 0 Å². The zero-order valence-corrected chi connectivity index (χ0v) is 11.0. The lowest BCUT2D eigenvalue weighted by molar-refractivity contribution is -0.384. The van der Waals surface area contributed by atoms with Crippen LogP contribution >= 0.6 is 0 Å². The molecule has 0 bridgehead atoms. The van der Waals surface area contributed by atoms with E-state index < -0.39 is 16.6 Å². The summed E-state index contributed by atoms with van der Waals surface area (Å²) in [5.74, 6) is -1.88. The van der Waals surface area contributed by atoms with Crippen molar-refractivity contribution in [2.75, 3.05) is 17.7 Å². The molecule has 2 N–H and O–H groups in total. The van der Waals surface area contributed by atoms with Crippen LogP contribution in [0.25, 0.3) is 0 Å². The lowest BCUT2D eigenvalue weighted by Crippen LogP contribution is -2.27. The number of halogens is 1. The van der Waals surface area contributed by atoms with Crippen molar-refractivity contribution in [1.29, 1.82) is 0 Å². The lowest BCUT2D eigenvalue weighted by Gasteiger charge is -2.17. The van der Waals surface area contributed by atoms with Gasteiger partial charge in [0.25, 0.3) is 11.6 Å². The van der Waals surface area contributed by atoms with Crippen LogP contribution in [0.4, 0.5) is 21.6 Å². The fraction of sp³-hybridized carbons (Fsp3) is 0.0769. The van der Waals surface area contributed by atoms with Crippen molar-refractivity contribution in [3.8, 4) is 0 Å². The number of carbonyl (C=O) groups is 1. The Kier molecular flexibility index (Phi) is 3.79. The van der Waals surface area contributed by atoms with Crippen molar-refractivity contribution in [1.82, 2.24) is 4.98 Å². The van der Waals surface area contributed by atoms with Crippen LogP contribution in [0.2, 0.25) is 0 Å². The molecule has 0 aliphatic heterocycles. The Morgan fingerprint density at radius 2 is 1.95 bits per heavy atom. The second-order valence-electron chi connectivity index (χ2n) is 4.20. The van der Waals surface area contributed by atoms with Crippen LogP contribution in [0.1, 0.15) is 10.4 Å². The van der Waals surface area contributed by atoms with Gasteiger partial charge >= 0.3 is 0 Å². The van der Waals surface area contributed by atoms with E-state index in [0.717, 1.165) is 0 Å². The van der Waals surface area contributed by atoms with Gasteiger partial charge in [-0.05, 0) is 18.2 Å². The minimum absolute atomic E-state index is 0.0982. The molecular formula is C13H11FN4O3. The van der Waals surface area contributed by atoms with Crippen molar-refractivity contribution in [2.45, 2.75) is 0 Å². The molecule has 1 aromatic heterocycles. The maximum Gasteiger partial charge on any atom is 0.269 e. The average molecular weight is 290 g/mol. The zero-order valence-electron chi connectivity index (χ0n) is 11.0. The number of hydrogen-bond acceptors (Lipinski definition) is 5. The summed E-state index contributed by atoms with van der Waals surface area (Å²) >= 11 is 0. The molecule has 0 spiro atoms. The third-order valence-corrected chi connectivity index (χ3v) is 2.90. The summed E-state index contributed by atoms with van der Waals surface area (Å²) in [6, 6.07) is 6.54. The SMILES string of the molecule is CN(C(=O)c1ccnc(N)c1F)c1ccc([N+](=O)[O-])cc1. The Bertz CT molecular complexity index is 703. The van der Waals surface area contributed by atoms with E-state index in [2.05, 4.69) is 4.98 Å². The zero-order chi connectivity index (χ0) is 15.6. The predicted octanol–water partition coefficient (Wildman–Crippen LogP) is 1.99. The Morgan fingerprint density at radius 1 is 1.33 bits per heavy atom. The molecule has 2 aromatic rings. The highest BCUT2D eigenvalue weighted by Gasteiger charge is 2.20. The molecule has 8 heteroatoms. The third-order valence-electron chi connectivity index (χ3n) is 2.90. The largest absolute Gasteiger partial charge is 0.381 e. The van der Waals surface area contributed by atoms with Crippen LogP contribution in [0, 0.1) is 15.9 Å². The summed E-state index contributed by atoms with van der Waals surface area (Å²) in [7, 11) is 1.43. The molecule has 0 unspecified atom stereocenters. The van der Waals surface area contributed by atoms with Crippen molar-refractivity contribution in [2.24, 2.45) is 0 Å². The molecule has 0 aliphatic rings. The van der Waals surface area contributed by atoms with Crippen molar-refractivity contribution < 1.29 is 14.1 Å². The molecule has 2 rings (SSSR count). The topological polar surface area (TPSA) is 102 Å². The smallest absolute Gasteiger partial charge is 0.269 e. The van der Waals surface area contributed by atoms with Gasteiger partial charge in [0.05, 0.1) is 10.5 Å². The number of nitrogens with two attached hydrogens (primary N) is 1. The maximum absolute atomic E-state index is 13.8. The second kappa shape index (κ2) is 5.53. The van der Waals surface area contributed by atoms with Gasteiger partial charge in [-0.2, -0.15) is 0 Å². The van der Waals surface area contributed by atoms with E-state index in [1.165, 1.54) is 48.5 Å². The van der Waals surface area contributed by atoms with E-state index in [1.807, 2.05) is 0 Å². The number of nitrogen functional groups attached to an aromatic ring is 1. The van der Waals surface area contributed by atoms with Crippen molar-refractivity contribution >= 4 is 23.1 Å². The summed E-state index contributed by atoms with van der Waals surface area (Å²) in [6.45, 7) is 0. The first kappa shape index (κ1) is 14.4. The first-order chi connectivity index (χ1) is 9.91. The van der Waals surface area contributed by atoms with Gasteiger partial charge in [-0.25, -0.2) is 9.37 Å². The molecular weight excluding hydrogens is 279 g/mol. The van der Waals surface area contributed by atoms with Gasteiger partial charge in [0.15, 0.2) is 11.6 Å². The number of nitro benzene ring substituents is 1. The minimum atomic E-state index is -0.892. The number of non-ortho nitro benzene ring substituents is 1. The van der Waals surface area contributed by atoms with E-state index in [1.54, 1.807) is 0 Å².